The molecule has 2 nitrogen and oxygen atoms in total. The van der Waals surface area contributed by atoms with Crippen LogP contribution in [0.1, 0.15) is 0 Å². The fourth-order valence-electron chi connectivity index (χ4n) is 0.118. The fourth-order valence-corrected chi connectivity index (χ4v) is 0.118. The summed E-state index contributed by atoms with van der Waals surface area (Å²) in [4.78, 5) is 0. The zero-order chi connectivity index (χ0) is 8.24. The molecule has 0 aliphatic heterocycles. The Labute approximate surface area is 62.5 Å². The van der Waals surface area contributed by atoms with Crippen LogP contribution in [-0.2, 0) is 9.47 Å². The van der Waals surface area contributed by atoms with Gasteiger partial charge in [0.05, 0.1) is 13.2 Å². The van der Waals surface area contributed by atoms with Crippen molar-refractivity contribution in [2.24, 2.45) is 0 Å². The molecule has 0 rings (SSSR count). The summed E-state index contributed by atoms with van der Waals surface area (Å²) in [6.07, 6.45) is 9.45. The van der Waals surface area contributed by atoms with Gasteiger partial charge in [0.25, 0.3) is 0 Å². The number of rotatable bonds is 2. The minimum absolute atomic E-state index is 0. The first-order chi connectivity index (χ1) is 4.83. The van der Waals surface area contributed by atoms with Gasteiger partial charge in [-0.3, -0.25) is 0 Å². The molecule has 0 heterocycles. The first kappa shape index (κ1) is 16.0. The van der Waals surface area contributed by atoms with Gasteiger partial charge in [0.2, 0.25) is 0 Å². The monoisotopic (exact) mass is 405 g/mol. The van der Waals surface area contributed by atoms with Crippen molar-refractivity contribution in [2.45, 2.75) is 0 Å². The van der Waals surface area contributed by atoms with E-state index in [1.807, 2.05) is 0 Å². The molecule has 0 atom stereocenters. The molecule has 11 heavy (non-hydrogen) atoms. The first-order valence-electron chi connectivity index (χ1n) is 2.44. The van der Waals surface area contributed by atoms with Crippen LogP contribution < -0.4 is 0 Å². The molecule has 0 saturated heterocycles. The van der Waals surface area contributed by atoms with Crippen LogP contribution >= 0.6 is 0 Å². The predicted molar refractivity (Wildman–Crippen MR) is 40.3 cm³/mol. The number of terminal acetylenes is 2. The van der Waals surface area contributed by atoms with Gasteiger partial charge in [-0.15, -0.1) is 12.8 Å². The summed E-state index contributed by atoms with van der Waals surface area (Å²) in [6.45, 7) is 0.611. The largest absolute Gasteiger partial charge is 0.546 e. The molecule has 0 amide bonds. The van der Waals surface area contributed by atoms with Gasteiger partial charge in [0.1, 0.15) is 0 Å². The third-order valence-corrected chi connectivity index (χ3v) is 0.371. The minimum atomic E-state index is 0. The molecule has 0 unspecified atom stereocenters. The molecule has 0 saturated carbocycles. The molecule has 3 heteroatoms. The molecule has 0 radical (unpaired) electrons. The summed E-state index contributed by atoms with van der Waals surface area (Å²) in [6, 6.07) is 0. The van der Waals surface area contributed by atoms with Gasteiger partial charge in [-0.25, -0.2) is 14.2 Å². The van der Waals surface area contributed by atoms with Crippen molar-refractivity contribution < 1.29 is 9.47 Å². The van der Waals surface area contributed by atoms with Crippen molar-refractivity contribution in [3.63, 3.8) is 0 Å². The number of hydrogen-bond donors (Lipinski definition) is 0. The van der Waals surface area contributed by atoms with Crippen molar-refractivity contribution >= 4 is 0 Å². The van der Waals surface area contributed by atoms with Gasteiger partial charge >= 0.3 is 0 Å². The molecular weight excluding hydrogens is 395 g/mol. The van der Waals surface area contributed by atoms with Crippen molar-refractivity contribution in [3.05, 3.63) is 14.2 Å². The molecule has 0 aliphatic rings. The SMILES string of the molecule is C#CCO[CH2-].C#CCO[CH2-].[Rf]. The van der Waals surface area contributed by atoms with Crippen LogP contribution in [0.2, 0.25) is 0 Å². The topological polar surface area (TPSA) is 18.5 Å². The average molecular weight is 405 g/mol. The number of hydrogen-bond acceptors (Lipinski definition) is 2. The summed E-state index contributed by atoms with van der Waals surface area (Å²) < 4.78 is 8.41. The van der Waals surface area contributed by atoms with Gasteiger partial charge < -0.3 is 9.47 Å². The summed E-state index contributed by atoms with van der Waals surface area (Å²) in [7, 11) is 6.07. The third-order valence-electron chi connectivity index (χ3n) is 0.371. The van der Waals surface area contributed by atoms with E-state index in [1.165, 1.54) is 0 Å². The van der Waals surface area contributed by atoms with Crippen molar-refractivity contribution in [1.29, 1.82) is 0 Å². The Morgan fingerprint density at radius 2 is 1.27 bits per heavy atom. The van der Waals surface area contributed by atoms with E-state index in [1.54, 1.807) is 0 Å². The van der Waals surface area contributed by atoms with E-state index < -0.39 is 0 Å². The van der Waals surface area contributed by atoms with Crippen molar-refractivity contribution in [1.82, 2.24) is 0 Å². The molecule has 0 aromatic heterocycles. The standard InChI is InChI=1S/2C4H5O.Rf/c2*1-3-4-5-2;/h2*1H,2,4H2;/q2*-1;. The maximum atomic E-state index is 4.72. The van der Waals surface area contributed by atoms with E-state index in [0.717, 1.165) is 0 Å². The summed E-state index contributed by atoms with van der Waals surface area (Å²) >= 11 is 0. The molecule has 58 valence electrons. The summed E-state index contributed by atoms with van der Waals surface area (Å²) in [5.41, 5.74) is 0. The zero-order valence-corrected chi connectivity index (χ0v) is 12.9. The minimum Gasteiger partial charge on any atom is -0.546 e. The first-order valence-corrected chi connectivity index (χ1v) is 2.44. The van der Waals surface area contributed by atoms with Crippen LogP contribution in [-0.4, -0.2) is 13.2 Å². The molecule has 0 aromatic carbocycles. The molecule has 0 aliphatic carbocycles. The van der Waals surface area contributed by atoms with Crippen LogP contribution in [0, 0.1) is 38.9 Å². The van der Waals surface area contributed by atoms with Crippen LogP contribution in [0.25, 0.3) is 0 Å². The van der Waals surface area contributed by atoms with Crippen molar-refractivity contribution in [2.75, 3.05) is 13.2 Å². The second-order valence-corrected chi connectivity index (χ2v) is 1.11. The second kappa shape index (κ2) is 24.4. The van der Waals surface area contributed by atoms with E-state index in [0.29, 0.717) is 13.2 Å². The summed E-state index contributed by atoms with van der Waals surface area (Å²) in [5.74, 6) is 4.47. The van der Waals surface area contributed by atoms with E-state index in [2.05, 4.69) is 35.5 Å². The quantitative estimate of drug-likeness (QED) is 0.502. The van der Waals surface area contributed by atoms with Gasteiger partial charge in [-0.05, 0) is 0 Å². The maximum Gasteiger partial charge on any atom is 0.0747 e. The fraction of sp³-hybridized carbons (Fsp3) is 0.250. The van der Waals surface area contributed by atoms with Gasteiger partial charge in [-0.1, -0.05) is 11.8 Å². The Balaban J connectivity index is -0.000000107. The maximum absolute atomic E-state index is 4.72. The van der Waals surface area contributed by atoms with E-state index >= 15 is 0 Å². The van der Waals surface area contributed by atoms with E-state index in [-0.39, 0.29) is 0 Å². The van der Waals surface area contributed by atoms with Gasteiger partial charge in [0.15, 0.2) is 0 Å². The van der Waals surface area contributed by atoms with Gasteiger partial charge in [0, 0.05) is 0 Å². The summed E-state index contributed by atoms with van der Waals surface area (Å²) in [5, 5.41) is 0. The van der Waals surface area contributed by atoms with Gasteiger partial charge in [-0.2, -0.15) is 0 Å². The number of ether oxygens (including phenoxy) is 2. The predicted octanol–water partition coefficient (Wildman–Crippen LogP) is 0.856. The molecule has 0 fully saturated rings. The van der Waals surface area contributed by atoms with Crippen LogP contribution in [0.3, 0.4) is 0 Å². The van der Waals surface area contributed by atoms with Crippen LogP contribution in [0.15, 0.2) is 0 Å². The van der Waals surface area contributed by atoms with Crippen molar-refractivity contribution in [3.8, 4) is 24.7 Å². The molecular formula is C8H10O2Rf-2. The van der Waals surface area contributed by atoms with E-state index in [9.17, 15) is 0 Å². The van der Waals surface area contributed by atoms with Crippen LogP contribution in [0.5, 0.6) is 0 Å². The third kappa shape index (κ3) is 70.5. The molecule has 0 spiro atoms. The smallest absolute Gasteiger partial charge is 0.0747 e. The van der Waals surface area contributed by atoms with Crippen LogP contribution in [0.4, 0.5) is 0 Å². The van der Waals surface area contributed by atoms with E-state index in [4.69, 9.17) is 12.8 Å². The average Bonchev–Trinajstić information content (AvgIpc) is 1.93. The zero-order valence-electron chi connectivity index (χ0n) is 6.51. The Kier molecular flexibility index (Phi) is 35.6. The Bertz CT molecular complexity index is 105. The Hall–Kier alpha value is -1.96. The Morgan fingerprint density at radius 3 is 1.27 bits per heavy atom. The second-order valence-electron chi connectivity index (χ2n) is 1.11. The Morgan fingerprint density at radius 1 is 1.00 bits per heavy atom. The molecule has 0 bridgehead atoms. The molecule has 0 N–H and O–H groups in total. The normalized spacial score (nSPS) is 5.82. The molecule has 0 aromatic rings.